The van der Waals surface area contributed by atoms with Crippen LogP contribution in [0.5, 0.6) is 0 Å². The summed E-state index contributed by atoms with van der Waals surface area (Å²) in [7, 11) is 0. The molecule has 3 N–H and O–H groups in total. The maximum Gasteiger partial charge on any atom is 0.336 e. The third-order valence-electron chi connectivity index (χ3n) is 1.52. The lowest BCUT2D eigenvalue weighted by molar-refractivity contribution is 0.0695. The van der Waals surface area contributed by atoms with E-state index >= 15 is 0 Å². The molecule has 0 spiro atoms. The fourth-order valence-electron chi connectivity index (χ4n) is 0.926. The standard InChI is InChI=1S/C8H8INO2/c9-6-2-1-5(4-10)7(3-6)8(11)12/h1-3H,4,10H2,(H,11,12). The van der Waals surface area contributed by atoms with E-state index < -0.39 is 5.97 Å². The van der Waals surface area contributed by atoms with Gasteiger partial charge in [-0.3, -0.25) is 0 Å². The molecule has 0 saturated carbocycles. The zero-order valence-corrected chi connectivity index (χ0v) is 8.41. The molecule has 1 aromatic rings. The summed E-state index contributed by atoms with van der Waals surface area (Å²) < 4.78 is 0.905. The molecule has 0 aliphatic carbocycles. The molecule has 12 heavy (non-hydrogen) atoms. The van der Waals surface area contributed by atoms with Gasteiger partial charge >= 0.3 is 5.97 Å². The van der Waals surface area contributed by atoms with Crippen LogP contribution in [-0.2, 0) is 6.54 Å². The summed E-state index contributed by atoms with van der Waals surface area (Å²) >= 11 is 2.07. The van der Waals surface area contributed by atoms with Gasteiger partial charge in [0, 0.05) is 10.1 Å². The topological polar surface area (TPSA) is 63.3 Å². The van der Waals surface area contributed by atoms with Crippen LogP contribution in [0.25, 0.3) is 0 Å². The molecule has 1 aromatic carbocycles. The van der Waals surface area contributed by atoms with Crippen LogP contribution in [0.2, 0.25) is 0 Å². The Bertz CT molecular complexity index is 312. The van der Waals surface area contributed by atoms with Gasteiger partial charge in [-0.05, 0) is 40.3 Å². The van der Waals surface area contributed by atoms with Gasteiger partial charge in [-0.15, -0.1) is 0 Å². The van der Waals surface area contributed by atoms with Gasteiger partial charge in [0.15, 0.2) is 0 Å². The van der Waals surface area contributed by atoms with Gasteiger partial charge in [0.1, 0.15) is 0 Å². The number of carboxylic acid groups (broad SMARTS) is 1. The van der Waals surface area contributed by atoms with Gasteiger partial charge in [-0.2, -0.15) is 0 Å². The molecule has 64 valence electrons. The SMILES string of the molecule is NCc1ccc(I)cc1C(=O)O. The van der Waals surface area contributed by atoms with Crippen molar-refractivity contribution in [2.45, 2.75) is 6.54 Å². The molecule has 0 saturated heterocycles. The van der Waals surface area contributed by atoms with Gasteiger partial charge in [-0.1, -0.05) is 6.07 Å². The monoisotopic (exact) mass is 277 g/mol. The maximum absolute atomic E-state index is 10.7. The number of carbonyl (C=O) groups is 1. The molecule has 0 fully saturated rings. The van der Waals surface area contributed by atoms with Crippen LogP contribution >= 0.6 is 22.6 Å². The van der Waals surface area contributed by atoms with Crippen molar-refractivity contribution >= 4 is 28.6 Å². The van der Waals surface area contributed by atoms with Crippen LogP contribution in [0.4, 0.5) is 0 Å². The van der Waals surface area contributed by atoms with E-state index in [1.54, 1.807) is 12.1 Å². The highest BCUT2D eigenvalue weighted by molar-refractivity contribution is 14.1. The number of rotatable bonds is 2. The Labute approximate surface area is 83.7 Å². The van der Waals surface area contributed by atoms with E-state index in [1.807, 2.05) is 6.07 Å². The van der Waals surface area contributed by atoms with Crippen LogP contribution in [0.1, 0.15) is 15.9 Å². The summed E-state index contributed by atoms with van der Waals surface area (Å²) in [6.45, 7) is 0.262. The molecule has 0 aliphatic heterocycles. The molecule has 0 aromatic heterocycles. The lowest BCUT2D eigenvalue weighted by Crippen LogP contribution is -2.06. The van der Waals surface area contributed by atoms with Crippen molar-refractivity contribution in [1.82, 2.24) is 0 Å². The second kappa shape index (κ2) is 3.86. The molecule has 1 rings (SSSR count). The van der Waals surface area contributed by atoms with E-state index in [0.29, 0.717) is 11.1 Å². The summed E-state index contributed by atoms with van der Waals surface area (Å²) in [4.78, 5) is 10.7. The smallest absolute Gasteiger partial charge is 0.336 e. The van der Waals surface area contributed by atoms with Gasteiger partial charge in [-0.25, -0.2) is 4.79 Å². The Hall–Kier alpha value is -0.620. The Morgan fingerprint density at radius 1 is 1.58 bits per heavy atom. The van der Waals surface area contributed by atoms with E-state index in [1.165, 1.54) is 0 Å². The first-order valence-electron chi connectivity index (χ1n) is 3.37. The van der Waals surface area contributed by atoms with Crippen LogP contribution < -0.4 is 5.73 Å². The highest BCUT2D eigenvalue weighted by atomic mass is 127. The van der Waals surface area contributed by atoms with Crippen LogP contribution in [-0.4, -0.2) is 11.1 Å². The highest BCUT2D eigenvalue weighted by Gasteiger charge is 2.08. The first-order chi connectivity index (χ1) is 5.65. The van der Waals surface area contributed by atoms with Crippen molar-refractivity contribution in [3.63, 3.8) is 0 Å². The lowest BCUT2D eigenvalue weighted by atomic mass is 10.1. The van der Waals surface area contributed by atoms with Gasteiger partial charge in [0.25, 0.3) is 0 Å². The second-order valence-electron chi connectivity index (χ2n) is 2.31. The minimum absolute atomic E-state index is 0.262. The Kier molecular flexibility index (Phi) is 3.05. The lowest BCUT2D eigenvalue weighted by Gasteiger charge is -2.02. The molecule has 0 unspecified atom stereocenters. The number of hydrogen-bond donors (Lipinski definition) is 2. The zero-order valence-electron chi connectivity index (χ0n) is 6.25. The normalized spacial score (nSPS) is 9.83. The Balaban J connectivity index is 3.21. The number of halogens is 1. The van der Waals surface area contributed by atoms with Crippen molar-refractivity contribution in [3.05, 3.63) is 32.9 Å². The molecular formula is C8H8INO2. The average Bonchev–Trinajstić information content (AvgIpc) is 2.04. The number of nitrogens with two attached hydrogens (primary N) is 1. The number of carboxylic acids is 1. The summed E-state index contributed by atoms with van der Waals surface area (Å²) in [5.74, 6) is -0.922. The van der Waals surface area contributed by atoms with Crippen LogP contribution in [0.15, 0.2) is 18.2 Å². The number of benzene rings is 1. The van der Waals surface area contributed by atoms with Crippen molar-refractivity contribution in [1.29, 1.82) is 0 Å². The second-order valence-corrected chi connectivity index (χ2v) is 3.56. The highest BCUT2D eigenvalue weighted by Crippen LogP contribution is 2.13. The minimum Gasteiger partial charge on any atom is -0.478 e. The molecule has 0 amide bonds. The van der Waals surface area contributed by atoms with Gasteiger partial charge in [0.2, 0.25) is 0 Å². The van der Waals surface area contributed by atoms with Gasteiger partial charge in [0.05, 0.1) is 5.56 Å². The molecule has 0 bridgehead atoms. The predicted molar refractivity (Wildman–Crippen MR) is 54.0 cm³/mol. The molecule has 4 heteroatoms. The van der Waals surface area contributed by atoms with Crippen molar-refractivity contribution < 1.29 is 9.90 Å². The van der Waals surface area contributed by atoms with Crippen molar-refractivity contribution in [2.75, 3.05) is 0 Å². The van der Waals surface area contributed by atoms with E-state index in [9.17, 15) is 4.79 Å². The van der Waals surface area contributed by atoms with E-state index in [4.69, 9.17) is 10.8 Å². The maximum atomic E-state index is 10.7. The van der Waals surface area contributed by atoms with Crippen molar-refractivity contribution in [3.8, 4) is 0 Å². The summed E-state index contributed by atoms with van der Waals surface area (Å²) in [5.41, 5.74) is 6.34. The average molecular weight is 277 g/mol. The fraction of sp³-hybridized carbons (Fsp3) is 0.125. The molecule has 0 aliphatic rings. The summed E-state index contributed by atoms with van der Waals surface area (Å²) in [6, 6.07) is 5.20. The van der Waals surface area contributed by atoms with Crippen molar-refractivity contribution in [2.24, 2.45) is 5.73 Å². The molecule has 0 atom stereocenters. The number of aromatic carboxylic acids is 1. The number of hydrogen-bond acceptors (Lipinski definition) is 2. The minimum atomic E-state index is -0.922. The Morgan fingerprint density at radius 3 is 2.75 bits per heavy atom. The largest absolute Gasteiger partial charge is 0.478 e. The first kappa shape index (κ1) is 9.47. The predicted octanol–water partition coefficient (Wildman–Crippen LogP) is 1.45. The van der Waals surface area contributed by atoms with E-state index in [2.05, 4.69) is 22.6 Å². The van der Waals surface area contributed by atoms with E-state index in [-0.39, 0.29) is 6.54 Å². The summed E-state index contributed by atoms with van der Waals surface area (Å²) in [5, 5.41) is 8.76. The molecule has 0 radical (unpaired) electrons. The van der Waals surface area contributed by atoms with Crippen LogP contribution in [0, 0.1) is 3.57 Å². The van der Waals surface area contributed by atoms with Gasteiger partial charge < -0.3 is 10.8 Å². The quantitative estimate of drug-likeness (QED) is 0.804. The third kappa shape index (κ3) is 1.95. The van der Waals surface area contributed by atoms with E-state index in [0.717, 1.165) is 3.57 Å². The zero-order chi connectivity index (χ0) is 9.14. The fourth-order valence-corrected chi connectivity index (χ4v) is 1.42. The third-order valence-corrected chi connectivity index (χ3v) is 2.19. The molecule has 0 heterocycles. The molecule has 3 nitrogen and oxygen atoms in total. The van der Waals surface area contributed by atoms with Crippen LogP contribution in [0.3, 0.4) is 0 Å². The Morgan fingerprint density at radius 2 is 2.25 bits per heavy atom. The first-order valence-corrected chi connectivity index (χ1v) is 4.45. The summed E-state index contributed by atoms with van der Waals surface area (Å²) in [6.07, 6.45) is 0. The molecular weight excluding hydrogens is 269 g/mol.